The van der Waals surface area contributed by atoms with E-state index in [9.17, 15) is 4.79 Å². The van der Waals surface area contributed by atoms with Crippen LogP contribution in [0.25, 0.3) is 0 Å². The van der Waals surface area contributed by atoms with E-state index in [4.69, 9.17) is 9.26 Å². The SMILES string of the molecule is Cc1noc(C)c1COc1ccc(C(=O)Nc2nc3c(s2)CCC3)cc1. The van der Waals surface area contributed by atoms with Crippen molar-refractivity contribution in [2.24, 2.45) is 0 Å². The summed E-state index contributed by atoms with van der Waals surface area (Å²) in [7, 11) is 0. The van der Waals surface area contributed by atoms with Gasteiger partial charge in [-0.25, -0.2) is 4.98 Å². The first-order valence-electron chi connectivity index (χ1n) is 8.54. The molecule has 0 radical (unpaired) electrons. The number of hydrogen-bond donors (Lipinski definition) is 1. The maximum absolute atomic E-state index is 12.4. The van der Waals surface area contributed by atoms with Crippen molar-refractivity contribution in [3.05, 3.63) is 57.4 Å². The number of benzene rings is 1. The molecule has 2 heterocycles. The third-order valence-corrected chi connectivity index (χ3v) is 5.57. The van der Waals surface area contributed by atoms with Gasteiger partial charge in [-0.2, -0.15) is 0 Å². The summed E-state index contributed by atoms with van der Waals surface area (Å²) in [5, 5.41) is 7.47. The van der Waals surface area contributed by atoms with Gasteiger partial charge in [0.1, 0.15) is 18.1 Å². The molecule has 2 aromatic heterocycles. The van der Waals surface area contributed by atoms with Crippen LogP contribution in [0.5, 0.6) is 5.75 Å². The Labute approximate surface area is 155 Å². The van der Waals surface area contributed by atoms with Gasteiger partial charge in [0, 0.05) is 10.4 Å². The van der Waals surface area contributed by atoms with Crippen molar-refractivity contribution in [1.82, 2.24) is 10.1 Å². The second-order valence-corrected chi connectivity index (χ2v) is 7.40. The first-order chi connectivity index (χ1) is 12.6. The molecule has 0 aliphatic heterocycles. The summed E-state index contributed by atoms with van der Waals surface area (Å²) in [6.07, 6.45) is 3.25. The molecule has 134 valence electrons. The fourth-order valence-electron chi connectivity index (χ4n) is 2.98. The Morgan fingerprint density at radius 3 is 2.77 bits per heavy atom. The van der Waals surface area contributed by atoms with E-state index in [1.807, 2.05) is 13.8 Å². The second kappa shape index (κ2) is 6.92. The molecule has 6 nitrogen and oxygen atoms in total. The van der Waals surface area contributed by atoms with Crippen molar-refractivity contribution >= 4 is 22.4 Å². The van der Waals surface area contributed by atoms with Crippen LogP contribution in [0.1, 0.15) is 44.4 Å². The number of thiazole rings is 1. The summed E-state index contributed by atoms with van der Waals surface area (Å²) < 4.78 is 10.9. The van der Waals surface area contributed by atoms with Crippen molar-refractivity contribution in [1.29, 1.82) is 0 Å². The van der Waals surface area contributed by atoms with Crippen molar-refractivity contribution in [3.63, 3.8) is 0 Å². The Morgan fingerprint density at radius 1 is 1.27 bits per heavy atom. The predicted molar refractivity (Wildman–Crippen MR) is 98.8 cm³/mol. The van der Waals surface area contributed by atoms with E-state index in [1.54, 1.807) is 35.6 Å². The fourth-order valence-corrected chi connectivity index (χ4v) is 4.02. The summed E-state index contributed by atoms with van der Waals surface area (Å²) in [5.41, 5.74) is 3.48. The molecule has 0 bridgehead atoms. The average molecular weight is 369 g/mol. The minimum atomic E-state index is -0.158. The number of rotatable bonds is 5. The Hall–Kier alpha value is -2.67. The smallest absolute Gasteiger partial charge is 0.257 e. The van der Waals surface area contributed by atoms with Crippen LogP contribution in [0.3, 0.4) is 0 Å². The summed E-state index contributed by atoms with van der Waals surface area (Å²) >= 11 is 1.57. The number of amides is 1. The Morgan fingerprint density at radius 2 is 2.08 bits per heavy atom. The van der Waals surface area contributed by atoms with E-state index in [0.717, 1.165) is 42.0 Å². The summed E-state index contributed by atoms with van der Waals surface area (Å²) in [4.78, 5) is 18.2. The maximum Gasteiger partial charge on any atom is 0.257 e. The molecule has 7 heteroatoms. The van der Waals surface area contributed by atoms with E-state index >= 15 is 0 Å². The molecule has 1 aliphatic rings. The van der Waals surface area contributed by atoms with Gasteiger partial charge in [0.15, 0.2) is 5.13 Å². The van der Waals surface area contributed by atoms with Crippen molar-refractivity contribution in [2.75, 3.05) is 5.32 Å². The van der Waals surface area contributed by atoms with Gasteiger partial charge in [-0.3, -0.25) is 10.1 Å². The summed E-state index contributed by atoms with van der Waals surface area (Å²) in [5.74, 6) is 1.29. The number of anilines is 1. The standard InChI is InChI=1S/C19H19N3O3S/c1-11-15(12(2)25-22-11)10-24-14-8-6-13(7-9-14)18(23)21-19-20-16-4-3-5-17(16)26-19/h6-9H,3-5,10H2,1-2H3,(H,20,21,23). The van der Waals surface area contributed by atoms with Gasteiger partial charge in [-0.05, 0) is 57.4 Å². The van der Waals surface area contributed by atoms with Crippen molar-refractivity contribution in [2.45, 2.75) is 39.7 Å². The molecule has 26 heavy (non-hydrogen) atoms. The molecule has 0 saturated heterocycles. The lowest BCUT2D eigenvalue weighted by atomic mass is 10.2. The van der Waals surface area contributed by atoms with Crippen LogP contribution in [0.4, 0.5) is 5.13 Å². The van der Waals surface area contributed by atoms with Gasteiger partial charge in [-0.15, -0.1) is 11.3 Å². The third-order valence-electron chi connectivity index (χ3n) is 4.50. The fraction of sp³-hybridized carbons (Fsp3) is 0.316. The quantitative estimate of drug-likeness (QED) is 0.734. The van der Waals surface area contributed by atoms with Crippen LogP contribution < -0.4 is 10.1 Å². The average Bonchev–Trinajstić information content (AvgIpc) is 3.30. The number of carbonyl (C=O) groups excluding carboxylic acids is 1. The molecular formula is C19H19N3O3S. The van der Waals surface area contributed by atoms with E-state index in [0.29, 0.717) is 23.1 Å². The Kier molecular flexibility index (Phi) is 4.46. The monoisotopic (exact) mass is 369 g/mol. The van der Waals surface area contributed by atoms with Crippen LogP contribution >= 0.6 is 11.3 Å². The van der Waals surface area contributed by atoms with E-state index in [1.165, 1.54) is 4.88 Å². The normalized spacial score (nSPS) is 12.8. The number of aromatic nitrogens is 2. The van der Waals surface area contributed by atoms with E-state index < -0.39 is 0 Å². The number of ether oxygens (including phenoxy) is 1. The first kappa shape index (κ1) is 16.8. The zero-order valence-electron chi connectivity index (χ0n) is 14.7. The minimum Gasteiger partial charge on any atom is -0.489 e. The molecule has 0 spiro atoms. The Balaban J connectivity index is 1.38. The van der Waals surface area contributed by atoms with E-state index in [2.05, 4.69) is 15.5 Å². The van der Waals surface area contributed by atoms with Crippen LogP contribution in [0, 0.1) is 13.8 Å². The molecule has 1 N–H and O–H groups in total. The molecule has 4 rings (SSSR count). The number of nitrogens with zero attached hydrogens (tertiary/aromatic N) is 2. The molecule has 1 amide bonds. The molecule has 1 aromatic carbocycles. The highest BCUT2D eigenvalue weighted by Gasteiger charge is 2.18. The molecule has 3 aromatic rings. The Bertz CT molecular complexity index is 903. The highest BCUT2D eigenvalue weighted by atomic mass is 32.1. The largest absolute Gasteiger partial charge is 0.489 e. The molecule has 0 atom stereocenters. The topological polar surface area (TPSA) is 77.2 Å². The number of fused-ring (bicyclic) bond motifs is 1. The summed E-state index contributed by atoms with van der Waals surface area (Å²) in [6.45, 7) is 4.13. The van der Waals surface area contributed by atoms with Gasteiger partial charge >= 0.3 is 0 Å². The van der Waals surface area contributed by atoms with Gasteiger partial charge in [0.05, 0.1) is 17.0 Å². The number of hydrogen-bond acceptors (Lipinski definition) is 6. The third kappa shape index (κ3) is 3.35. The first-order valence-corrected chi connectivity index (χ1v) is 9.36. The van der Waals surface area contributed by atoms with Gasteiger partial charge < -0.3 is 9.26 Å². The molecule has 0 fully saturated rings. The lowest BCUT2D eigenvalue weighted by molar-refractivity contribution is 0.102. The second-order valence-electron chi connectivity index (χ2n) is 6.31. The molecule has 0 unspecified atom stereocenters. The maximum atomic E-state index is 12.4. The minimum absolute atomic E-state index is 0.158. The van der Waals surface area contributed by atoms with Crippen LogP contribution in [-0.2, 0) is 19.4 Å². The predicted octanol–water partition coefficient (Wildman–Crippen LogP) is 4.07. The number of nitrogens with one attached hydrogen (secondary N) is 1. The van der Waals surface area contributed by atoms with E-state index in [-0.39, 0.29) is 5.91 Å². The zero-order valence-corrected chi connectivity index (χ0v) is 15.5. The zero-order chi connectivity index (χ0) is 18.1. The van der Waals surface area contributed by atoms with Crippen LogP contribution in [0.15, 0.2) is 28.8 Å². The number of carbonyl (C=O) groups is 1. The molecular weight excluding hydrogens is 350 g/mol. The van der Waals surface area contributed by atoms with Crippen LogP contribution in [-0.4, -0.2) is 16.0 Å². The lowest BCUT2D eigenvalue weighted by Crippen LogP contribution is -2.11. The highest BCUT2D eigenvalue weighted by molar-refractivity contribution is 7.16. The highest BCUT2D eigenvalue weighted by Crippen LogP contribution is 2.30. The van der Waals surface area contributed by atoms with Gasteiger partial charge in [0.2, 0.25) is 0 Å². The molecule has 0 saturated carbocycles. The summed E-state index contributed by atoms with van der Waals surface area (Å²) in [6, 6.07) is 7.07. The molecule has 1 aliphatic carbocycles. The van der Waals surface area contributed by atoms with Gasteiger partial charge in [0.25, 0.3) is 5.91 Å². The lowest BCUT2D eigenvalue weighted by Gasteiger charge is -2.07. The van der Waals surface area contributed by atoms with Gasteiger partial charge in [-0.1, -0.05) is 5.16 Å². The number of aryl methyl sites for hydroxylation is 4. The van der Waals surface area contributed by atoms with Crippen LogP contribution in [0.2, 0.25) is 0 Å². The van der Waals surface area contributed by atoms with Crippen molar-refractivity contribution in [3.8, 4) is 5.75 Å². The van der Waals surface area contributed by atoms with Crippen molar-refractivity contribution < 1.29 is 14.1 Å².